The van der Waals surface area contributed by atoms with Crippen molar-refractivity contribution >= 4 is 11.3 Å². The topological polar surface area (TPSA) is 46.2 Å². The molecule has 0 fully saturated rings. The van der Waals surface area contributed by atoms with Crippen molar-refractivity contribution in [2.24, 2.45) is 5.73 Å². The van der Waals surface area contributed by atoms with E-state index in [1.807, 2.05) is 24.4 Å². The highest BCUT2D eigenvalue weighted by molar-refractivity contribution is 7.10. The molecule has 0 aromatic carbocycles. The van der Waals surface area contributed by atoms with E-state index in [2.05, 4.69) is 0 Å². The molecule has 0 saturated heterocycles. The van der Waals surface area contributed by atoms with Gasteiger partial charge < -0.3 is 10.8 Å². The summed E-state index contributed by atoms with van der Waals surface area (Å²) in [5.41, 5.74) is 5.54. The van der Waals surface area contributed by atoms with Crippen LogP contribution in [0.15, 0.2) is 17.5 Å². The minimum Gasteiger partial charge on any atom is -0.388 e. The van der Waals surface area contributed by atoms with Gasteiger partial charge in [-0.2, -0.15) is 0 Å². The fourth-order valence-corrected chi connectivity index (χ4v) is 1.67. The van der Waals surface area contributed by atoms with Crippen molar-refractivity contribution in [3.63, 3.8) is 0 Å². The van der Waals surface area contributed by atoms with Crippen molar-refractivity contribution < 1.29 is 5.11 Å². The summed E-state index contributed by atoms with van der Waals surface area (Å²) >= 11 is 1.57. The van der Waals surface area contributed by atoms with Crippen LogP contribution in [0.2, 0.25) is 0 Å². The zero-order chi connectivity index (χ0) is 8.27. The first kappa shape index (κ1) is 8.71. The van der Waals surface area contributed by atoms with Crippen LogP contribution in [0.5, 0.6) is 0 Å². The number of aliphatic hydroxyl groups excluding tert-OH is 1. The average molecular weight is 171 g/mol. The van der Waals surface area contributed by atoms with Crippen LogP contribution in [-0.4, -0.2) is 11.1 Å². The predicted molar refractivity (Wildman–Crippen MR) is 47.5 cm³/mol. The van der Waals surface area contributed by atoms with E-state index in [1.165, 1.54) is 0 Å². The van der Waals surface area contributed by atoms with E-state index in [-0.39, 0.29) is 12.1 Å². The predicted octanol–water partition coefficient (Wildman–Crippen LogP) is 1.52. The molecule has 1 aromatic heterocycles. The Morgan fingerprint density at radius 3 is 2.91 bits per heavy atom. The van der Waals surface area contributed by atoms with Gasteiger partial charge in [-0.25, -0.2) is 0 Å². The average Bonchev–Trinajstić information content (AvgIpc) is 2.35. The maximum absolute atomic E-state index is 9.51. The lowest BCUT2D eigenvalue weighted by atomic mass is 10.1. The van der Waals surface area contributed by atoms with Crippen LogP contribution in [0.3, 0.4) is 0 Å². The molecule has 0 amide bonds. The standard InChI is InChI=1S/C8H13NOS/c1-6(9)5-7(10)8-3-2-4-11-8/h2-4,6-7,10H,5,9H2,1H3/t6-,7+/m1/s1. The van der Waals surface area contributed by atoms with Crippen LogP contribution in [0, 0.1) is 0 Å². The van der Waals surface area contributed by atoms with Crippen LogP contribution in [0.1, 0.15) is 24.3 Å². The van der Waals surface area contributed by atoms with E-state index in [1.54, 1.807) is 11.3 Å². The van der Waals surface area contributed by atoms with E-state index in [0.29, 0.717) is 6.42 Å². The van der Waals surface area contributed by atoms with Gasteiger partial charge in [0.2, 0.25) is 0 Å². The molecule has 0 aliphatic heterocycles. The van der Waals surface area contributed by atoms with E-state index >= 15 is 0 Å². The van der Waals surface area contributed by atoms with Gasteiger partial charge in [-0.15, -0.1) is 11.3 Å². The minimum absolute atomic E-state index is 0.0621. The Kier molecular flexibility index (Phi) is 3.05. The molecule has 1 heterocycles. The monoisotopic (exact) mass is 171 g/mol. The zero-order valence-corrected chi connectivity index (χ0v) is 7.34. The molecule has 0 aliphatic rings. The van der Waals surface area contributed by atoms with E-state index in [0.717, 1.165) is 4.88 Å². The first-order valence-electron chi connectivity index (χ1n) is 3.67. The van der Waals surface area contributed by atoms with Crippen molar-refractivity contribution in [2.75, 3.05) is 0 Å². The van der Waals surface area contributed by atoms with E-state index in [4.69, 9.17) is 5.73 Å². The highest BCUT2D eigenvalue weighted by atomic mass is 32.1. The van der Waals surface area contributed by atoms with Crippen molar-refractivity contribution in [3.8, 4) is 0 Å². The summed E-state index contributed by atoms with van der Waals surface area (Å²) in [4.78, 5) is 1.00. The van der Waals surface area contributed by atoms with E-state index < -0.39 is 0 Å². The second-order valence-corrected chi connectivity index (χ2v) is 3.72. The third-order valence-corrected chi connectivity index (χ3v) is 2.44. The van der Waals surface area contributed by atoms with Gasteiger partial charge >= 0.3 is 0 Å². The van der Waals surface area contributed by atoms with Gasteiger partial charge in [0.25, 0.3) is 0 Å². The Balaban J connectivity index is 2.49. The largest absolute Gasteiger partial charge is 0.388 e. The Morgan fingerprint density at radius 1 is 1.73 bits per heavy atom. The lowest BCUT2D eigenvalue weighted by Gasteiger charge is -2.10. The van der Waals surface area contributed by atoms with Gasteiger partial charge in [0.1, 0.15) is 0 Å². The van der Waals surface area contributed by atoms with E-state index in [9.17, 15) is 5.11 Å². The van der Waals surface area contributed by atoms with Crippen molar-refractivity contribution in [1.29, 1.82) is 0 Å². The second-order valence-electron chi connectivity index (χ2n) is 2.74. The molecule has 0 unspecified atom stereocenters. The van der Waals surface area contributed by atoms with Crippen molar-refractivity contribution in [3.05, 3.63) is 22.4 Å². The fraction of sp³-hybridized carbons (Fsp3) is 0.500. The van der Waals surface area contributed by atoms with Gasteiger partial charge in [-0.1, -0.05) is 6.07 Å². The molecular formula is C8H13NOS. The van der Waals surface area contributed by atoms with Crippen LogP contribution in [-0.2, 0) is 0 Å². The maximum atomic E-state index is 9.51. The minimum atomic E-state index is -0.380. The Hall–Kier alpha value is -0.380. The number of hydrogen-bond donors (Lipinski definition) is 2. The molecule has 0 spiro atoms. The number of rotatable bonds is 3. The summed E-state index contributed by atoms with van der Waals surface area (Å²) in [6.07, 6.45) is 0.260. The highest BCUT2D eigenvalue weighted by Crippen LogP contribution is 2.21. The van der Waals surface area contributed by atoms with Crippen molar-refractivity contribution in [2.45, 2.75) is 25.5 Å². The summed E-state index contributed by atoms with van der Waals surface area (Å²) in [6.45, 7) is 1.90. The molecule has 0 aliphatic carbocycles. The smallest absolute Gasteiger partial charge is 0.0896 e. The normalized spacial score (nSPS) is 16.3. The molecule has 1 aromatic rings. The maximum Gasteiger partial charge on any atom is 0.0896 e. The number of hydrogen-bond acceptors (Lipinski definition) is 3. The number of nitrogens with two attached hydrogens (primary N) is 1. The van der Waals surface area contributed by atoms with Crippen LogP contribution >= 0.6 is 11.3 Å². The van der Waals surface area contributed by atoms with Crippen LogP contribution in [0.4, 0.5) is 0 Å². The van der Waals surface area contributed by atoms with Gasteiger partial charge in [-0.3, -0.25) is 0 Å². The molecule has 0 bridgehead atoms. The zero-order valence-electron chi connectivity index (χ0n) is 6.53. The summed E-state index contributed by atoms with van der Waals surface area (Å²) in [6, 6.07) is 3.93. The number of thiophene rings is 1. The molecule has 2 nitrogen and oxygen atoms in total. The quantitative estimate of drug-likeness (QED) is 0.724. The Labute approximate surface area is 70.7 Å². The first-order valence-corrected chi connectivity index (χ1v) is 4.55. The molecule has 11 heavy (non-hydrogen) atoms. The Bertz CT molecular complexity index is 196. The molecule has 62 valence electrons. The third kappa shape index (κ3) is 2.61. The van der Waals surface area contributed by atoms with Gasteiger partial charge in [0.05, 0.1) is 6.10 Å². The SMILES string of the molecule is C[C@@H](N)C[C@H](O)c1cccs1. The number of aliphatic hydroxyl groups is 1. The fourth-order valence-electron chi connectivity index (χ4n) is 0.949. The summed E-state index contributed by atoms with van der Waals surface area (Å²) < 4.78 is 0. The summed E-state index contributed by atoms with van der Waals surface area (Å²) in [7, 11) is 0. The molecule has 2 atom stereocenters. The summed E-state index contributed by atoms with van der Waals surface area (Å²) in [5.74, 6) is 0. The molecule has 3 N–H and O–H groups in total. The van der Waals surface area contributed by atoms with Gasteiger partial charge in [0.15, 0.2) is 0 Å². The van der Waals surface area contributed by atoms with Crippen molar-refractivity contribution in [1.82, 2.24) is 0 Å². The van der Waals surface area contributed by atoms with Crippen LogP contribution in [0.25, 0.3) is 0 Å². The molecule has 0 radical (unpaired) electrons. The first-order chi connectivity index (χ1) is 5.20. The highest BCUT2D eigenvalue weighted by Gasteiger charge is 2.09. The van der Waals surface area contributed by atoms with Gasteiger partial charge in [0, 0.05) is 10.9 Å². The molecule has 0 saturated carbocycles. The molecule has 3 heteroatoms. The second kappa shape index (κ2) is 3.85. The Morgan fingerprint density at radius 2 is 2.45 bits per heavy atom. The molecular weight excluding hydrogens is 158 g/mol. The lowest BCUT2D eigenvalue weighted by molar-refractivity contribution is 0.164. The van der Waals surface area contributed by atoms with Crippen LogP contribution < -0.4 is 5.73 Å². The van der Waals surface area contributed by atoms with Gasteiger partial charge in [-0.05, 0) is 24.8 Å². The molecule has 1 rings (SSSR count). The lowest BCUT2D eigenvalue weighted by Crippen LogP contribution is -2.17. The summed E-state index contributed by atoms with van der Waals surface area (Å²) in [5, 5.41) is 11.5. The third-order valence-electron chi connectivity index (χ3n) is 1.47.